The molecule has 2 aromatic rings. The van der Waals surface area contributed by atoms with Gasteiger partial charge >= 0.3 is 0 Å². The van der Waals surface area contributed by atoms with Gasteiger partial charge in [0.1, 0.15) is 0 Å². The van der Waals surface area contributed by atoms with Crippen molar-refractivity contribution in [2.75, 3.05) is 13.2 Å². The lowest BCUT2D eigenvalue weighted by atomic mass is 10.1. The maximum absolute atomic E-state index is 11.4. The maximum Gasteiger partial charge on any atom is 0.220 e. The Bertz CT molecular complexity index is 521. The Kier molecular flexibility index (Phi) is 4.73. The zero-order valence-electron chi connectivity index (χ0n) is 10.2. The van der Waals surface area contributed by atoms with Gasteiger partial charge in [0.15, 0.2) is 0 Å². The molecule has 0 spiro atoms. The second kappa shape index (κ2) is 6.52. The van der Waals surface area contributed by atoms with Crippen LogP contribution in [0.25, 0.3) is 10.1 Å². The van der Waals surface area contributed by atoms with Crippen LogP contribution in [0.3, 0.4) is 0 Å². The summed E-state index contributed by atoms with van der Waals surface area (Å²) in [5, 5.41) is 14.9. The Labute approximate surface area is 110 Å². The van der Waals surface area contributed by atoms with Crippen molar-refractivity contribution >= 4 is 27.3 Å². The zero-order valence-corrected chi connectivity index (χ0v) is 11.0. The van der Waals surface area contributed by atoms with Crippen molar-refractivity contribution < 1.29 is 9.90 Å². The van der Waals surface area contributed by atoms with E-state index in [2.05, 4.69) is 22.8 Å². The molecular weight excluding hydrogens is 246 g/mol. The molecule has 1 amide bonds. The molecule has 1 aromatic carbocycles. The fraction of sp³-hybridized carbons (Fsp3) is 0.357. The van der Waals surface area contributed by atoms with E-state index in [4.69, 9.17) is 5.11 Å². The van der Waals surface area contributed by atoms with Crippen LogP contribution < -0.4 is 5.32 Å². The highest BCUT2D eigenvalue weighted by molar-refractivity contribution is 7.17. The molecule has 0 fully saturated rings. The van der Waals surface area contributed by atoms with Crippen LogP contribution in [0.2, 0.25) is 0 Å². The van der Waals surface area contributed by atoms with Crippen molar-refractivity contribution in [1.29, 1.82) is 0 Å². The van der Waals surface area contributed by atoms with E-state index in [0.717, 1.165) is 6.42 Å². The van der Waals surface area contributed by atoms with E-state index in [1.807, 2.05) is 12.1 Å². The van der Waals surface area contributed by atoms with Gasteiger partial charge in [-0.3, -0.25) is 4.79 Å². The summed E-state index contributed by atoms with van der Waals surface area (Å²) in [5.74, 6) is 0.0172. The second-order valence-corrected chi connectivity index (χ2v) is 5.10. The van der Waals surface area contributed by atoms with E-state index in [1.165, 1.54) is 15.6 Å². The fourth-order valence-electron chi connectivity index (χ4n) is 1.89. The highest BCUT2D eigenvalue weighted by Crippen LogP contribution is 2.25. The van der Waals surface area contributed by atoms with Gasteiger partial charge in [-0.2, -0.15) is 0 Å². The summed E-state index contributed by atoms with van der Waals surface area (Å²) in [5.41, 5.74) is 1.29. The van der Waals surface area contributed by atoms with Gasteiger partial charge < -0.3 is 10.4 Å². The summed E-state index contributed by atoms with van der Waals surface area (Å²) in [7, 11) is 0. The summed E-state index contributed by atoms with van der Waals surface area (Å²) < 4.78 is 1.29. The first-order chi connectivity index (χ1) is 8.81. The minimum absolute atomic E-state index is 0.0172. The number of carbonyl (C=O) groups excluding carboxylic acids is 1. The molecule has 4 heteroatoms. The van der Waals surface area contributed by atoms with Gasteiger partial charge in [0.2, 0.25) is 5.91 Å². The van der Waals surface area contributed by atoms with E-state index in [9.17, 15) is 4.79 Å². The molecule has 96 valence electrons. The number of benzene rings is 1. The average Bonchev–Trinajstić information content (AvgIpc) is 2.80. The number of carbonyl (C=O) groups is 1. The van der Waals surface area contributed by atoms with Crippen molar-refractivity contribution in [3.63, 3.8) is 0 Å². The van der Waals surface area contributed by atoms with E-state index in [1.54, 1.807) is 11.3 Å². The summed E-state index contributed by atoms with van der Waals surface area (Å²) >= 11 is 1.74. The van der Waals surface area contributed by atoms with E-state index < -0.39 is 0 Å². The molecule has 0 saturated carbocycles. The van der Waals surface area contributed by atoms with Crippen molar-refractivity contribution in [2.24, 2.45) is 0 Å². The van der Waals surface area contributed by atoms with Crippen molar-refractivity contribution in [2.45, 2.75) is 19.3 Å². The van der Waals surface area contributed by atoms with E-state index in [0.29, 0.717) is 19.4 Å². The molecule has 0 aliphatic rings. The Morgan fingerprint density at radius 3 is 3.00 bits per heavy atom. The normalized spacial score (nSPS) is 10.7. The molecule has 0 aliphatic heterocycles. The number of rotatable bonds is 6. The van der Waals surface area contributed by atoms with Gasteiger partial charge in [0, 0.05) is 24.3 Å². The predicted octanol–water partition coefficient (Wildman–Crippen LogP) is 2.33. The number of aliphatic hydroxyl groups excluding tert-OH is 1. The molecule has 0 atom stereocenters. The molecule has 2 rings (SSSR count). The molecule has 0 radical (unpaired) electrons. The number of aliphatic hydroxyl groups is 1. The topological polar surface area (TPSA) is 49.3 Å². The highest BCUT2D eigenvalue weighted by atomic mass is 32.1. The molecule has 3 nitrogen and oxygen atoms in total. The Balaban J connectivity index is 1.85. The largest absolute Gasteiger partial charge is 0.396 e. The third-order valence-electron chi connectivity index (χ3n) is 2.84. The van der Waals surface area contributed by atoms with E-state index >= 15 is 0 Å². The van der Waals surface area contributed by atoms with Crippen LogP contribution in [0.15, 0.2) is 29.6 Å². The minimum Gasteiger partial charge on any atom is -0.396 e. The molecule has 0 bridgehead atoms. The summed E-state index contributed by atoms with van der Waals surface area (Å²) in [6.45, 7) is 0.730. The van der Waals surface area contributed by atoms with Gasteiger partial charge in [-0.05, 0) is 35.2 Å². The first-order valence-corrected chi connectivity index (χ1v) is 7.02. The highest BCUT2D eigenvalue weighted by Gasteiger charge is 2.04. The maximum atomic E-state index is 11.4. The van der Waals surface area contributed by atoms with Crippen LogP contribution in [-0.2, 0) is 11.2 Å². The summed E-state index contributed by atoms with van der Waals surface area (Å²) in [6, 6.07) is 8.32. The minimum atomic E-state index is 0.0172. The van der Waals surface area contributed by atoms with Crippen molar-refractivity contribution in [1.82, 2.24) is 5.32 Å². The molecule has 0 saturated heterocycles. The van der Waals surface area contributed by atoms with Crippen LogP contribution >= 0.6 is 11.3 Å². The number of fused-ring (bicyclic) bond motifs is 1. The first-order valence-electron chi connectivity index (χ1n) is 6.14. The second-order valence-electron chi connectivity index (χ2n) is 4.18. The lowest BCUT2D eigenvalue weighted by Crippen LogP contribution is -2.25. The van der Waals surface area contributed by atoms with Crippen LogP contribution in [0.4, 0.5) is 0 Å². The van der Waals surface area contributed by atoms with Crippen LogP contribution in [0.5, 0.6) is 0 Å². The van der Waals surface area contributed by atoms with E-state index in [-0.39, 0.29) is 12.5 Å². The third kappa shape index (κ3) is 3.31. The third-order valence-corrected chi connectivity index (χ3v) is 3.85. The summed E-state index contributed by atoms with van der Waals surface area (Å²) in [4.78, 5) is 11.4. The molecule has 0 aliphatic carbocycles. The molecule has 1 heterocycles. The van der Waals surface area contributed by atoms with Gasteiger partial charge in [-0.15, -0.1) is 11.3 Å². The lowest BCUT2D eigenvalue weighted by Gasteiger charge is -2.04. The number of thiophene rings is 1. The van der Waals surface area contributed by atoms with Gasteiger partial charge in [0.25, 0.3) is 0 Å². The number of hydrogen-bond acceptors (Lipinski definition) is 3. The SMILES string of the molecule is O=C(CCCO)NCCc1csc2ccccc12. The smallest absolute Gasteiger partial charge is 0.220 e. The van der Waals surface area contributed by atoms with Gasteiger partial charge in [-0.1, -0.05) is 18.2 Å². The number of hydrogen-bond donors (Lipinski definition) is 2. The standard InChI is InChI=1S/C14H17NO2S/c16-9-3-6-14(17)15-8-7-11-10-18-13-5-2-1-4-12(11)13/h1-2,4-5,10,16H,3,6-9H2,(H,15,17). The quantitative estimate of drug-likeness (QED) is 0.840. The predicted molar refractivity (Wildman–Crippen MR) is 74.9 cm³/mol. The lowest BCUT2D eigenvalue weighted by molar-refractivity contribution is -0.121. The first kappa shape index (κ1) is 13.1. The van der Waals surface area contributed by atoms with Gasteiger partial charge in [0.05, 0.1) is 0 Å². The zero-order chi connectivity index (χ0) is 12.8. The summed E-state index contributed by atoms with van der Waals surface area (Å²) in [6.07, 6.45) is 1.79. The van der Waals surface area contributed by atoms with Gasteiger partial charge in [-0.25, -0.2) is 0 Å². The van der Waals surface area contributed by atoms with Crippen molar-refractivity contribution in [3.8, 4) is 0 Å². The average molecular weight is 263 g/mol. The molecular formula is C14H17NO2S. The Morgan fingerprint density at radius 2 is 2.17 bits per heavy atom. The van der Waals surface area contributed by atoms with Crippen molar-refractivity contribution in [3.05, 3.63) is 35.2 Å². The Morgan fingerprint density at radius 1 is 1.33 bits per heavy atom. The van der Waals surface area contributed by atoms with Crippen LogP contribution in [-0.4, -0.2) is 24.2 Å². The van der Waals surface area contributed by atoms with Crippen LogP contribution in [0, 0.1) is 0 Å². The molecule has 0 unspecified atom stereocenters. The number of amides is 1. The molecule has 18 heavy (non-hydrogen) atoms. The monoisotopic (exact) mass is 263 g/mol. The Hall–Kier alpha value is -1.39. The fourth-order valence-corrected chi connectivity index (χ4v) is 2.89. The molecule has 2 N–H and O–H groups in total. The molecule has 1 aromatic heterocycles. The number of nitrogens with one attached hydrogen (secondary N) is 1. The van der Waals surface area contributed by atoms with Crippen LogP contribution in [0.1, 0.15) is 18.4 Å².